The lowest BCUT2D eigenvalue weighted by atomic mass is 10.1. The van der Waals surface area contributed by atoms with Crippen molar-refractivity contribution in [2.24, 2.45) is 5.92 Å². The molecule has 0 radical (unpaired) electrons. The average molecular weight is 204 g/mol. The van der Waals surface area contributed by atoms with Gasteiger partial charge in [-0.2, -0.15) is 0 Å². The highest BCUT2D eigenvalue weighted by Gasteiger charge is 1.98. The van der Waals surface area contributed by atoms with Crippen LogP contribution in [0.25, 0.3) is 0 Å². The van der Waals surface area contributed by atoms with E-state index in [9.17, 15) is 4.79 Å². The van der Waals surface area contributed by atoms with Crippen molar-refractivity contribution in [3.63, 3.8) is 0 Å². The van der Waals surface area contributed by atoms with E-state index in [2.05, 4.69) is 13.8 Å². The van der Waals surface area contributed by atoms with Crippen LogP contribution in [0.3, 0.4) is 0 Å². The molecule has 0 aliphatic rings. The molecule has 0 aromatic heterocycles. The van der Waals surface area contributed by atoms with Crippen molar-refractivity contribution in [1.82, 2.24) is 0 Å². The number of ether oxygens (including phenoxy) is 1. The SMILES string of the molecule is CC(=O)O.CCC(=O)OCCC(C)C. The summed E-state index contributed by atoms with van der Waals surface area (Å²) >= 11 is 0. The molecule has 0 heterocycles. The maximum absolute atomic E-state index is 10.6. The Morgan fingerprint density at radius 3 is 2.07 bits per heavy atom. The van der Waals surface area contributed by atoms with Crippen LogP contribution in [0.4, 0.5) is 0 Å². The maximum atomic E-state index is 10.6. The number of carboxylic acid groups (broad SMARTS) is 1. The van der Waals surface area contributed by atoms with Crippen LogP contribution in [0, 0.1) is 5.92 Å². The monoisotopic (exact) mass is 204 g/mol. The average Bonchev–Trinajstić information content (AvgIpc) is 2.02. The Balaban J connectivity index is 0. The number of aliphatic carboxylic acids is 1. The lowest BCUT2D eigenvalue weighted by Crippen LogP contribution is -2.05. The number of carbonyl (C=O) groups is 2. The zero-order chi connectivity index (χ0) is 11.6. The van der Waals surface area contributed by atoms with Gasteiger partial charge in [0, 0.05) is 13.3 Å². The molecule has 4 nitrogen and oxygen atoms in total. The standard InChI is InChI=1S/C8H16O2.C2H4O2/c1-4-8(9)10-6-5-7(2)3;1-2(3)4/h7H,4-6H2,1-3H3;1H3,(H,3,4). The first kappa shape index (κ1) is 15.4. The number of hydrogen-bond acceptors (Lipinski definition) is 3. The Kier molecular flexibility index (Phi) is 11.0. The van der Waals surface area contributed by atoms with E-state index in [0.29, 0.717) is 18.9 Å². The van der Waals surface area contributed by atoms with Gasteiger partial charge in [-0.15, -0.1) is 0 Å². The second-order valence-corrected chi connectivity index (χ2v) is 3.28. The molecule has 0 fully saturated rings. The first-order chi connectivity index (χ1) is 6.40. The van der Waals surface area contributed by atoms with Crippen LogP contribution in [-0.2, 0) is 14.3 Å². The lowest BCUT2D eigenvalue weighted by Gasteiger charge is -2.04. The van der Waals surface area contributed by atoms with Crippen molar-refractivity contribution in [3.8, 4) is 0 Å². The first-order valence-electron chi connectivity index (χ1n) is 4.75. The van der Waals surface area contributed by atoms with Crippen LogP contribution in [0.15, 0.2) is 0 Å². The molecule has 0 aromatic carbocycles. The summed E-state index contributed by atoms with van der Waals surface area (Å²) < 4.78 is 4.86. The van der Waals surface area contributed by atoms with E-state index in [-0.39, 0.29) is 5.97 Å². The molecule has 84 valence electrons. The number of hydrogen-bond donors (Lipinski definition) is 1. The summed E-state index contributed by atoms with van der Waals surface area (Å²) in [5.74, 6) is -0.315. The maximum Gasteiger partial charge on any atom is 0.305 e. The third-order valence-electron chi connectivity index (χ3n) is 1.25. The van der Waals surface area contributed by atoms with Crippen LogP contribution in [0.1, 0.15) is 40.5 Å². The second-order valence-electron chi connectivity index (χ2n) is 3.28. The molecule has 0 unspecified atom stereocenters. The molecule has 0 saturated carbocycles. The van der Waals surface area contributed by atoms with Crippen molar-refractivity contribution >= 4 is 11.9 Å². The highest BCUT2D eigenvalue weighted by atomic mass is 16.5. The molecular formula is C10H20O4. The molecular weight excluding hydrogens is 184 g/mol. The highest BCUT2D eigenvalue weighted by Crippen LogP contribution is 1.99. The van der Waals surface area contributed by atoms with Crippen molar-refractivity contribution in [1.29, 1.82) is 0 Å². The van der Waals surface area contributed by atoms with Gasteiger partial charge in [0.25, 0.3) is 5.97 Å². The Labute approximate surface area is 85.3 Å². The number of carbonyl (C=O) groups excluding carboxylic acids is 1. The molecule has 0 bridgehead atoms. The summed E-state index contributed by atoms with van der Waals surface area (Å²) in [6.45, 7) is 7.68. The lowest BCUT2D eigenvalue weighted by molar-refractivity contribution is -0.143. The largest absolute Gasteiger partial charge is 0.481 e. The van der Waals surface area contributed by atoms with Crippen LogP contribution in [-0.4, -0.2) is 23.7 Å². The Morgan fingerprint density at radius 2 is 1.79 bits per heavy atom. The van der Waals surface area contributed by atoms with E-state index in [1.54, 1.807) is 6.92 Å². The topological polar surface area (TPSA) is 63.6 Å². The van der Waals surface area contributed by atoms with Gasteiger partial charge in [0.1, 0.15) is 0 Å². The van der Waals surface area contributed by atoms with Gasteiger partial charge in [-0.3, -0.25) is 9.59 Å². The molecule has 0 saturated heterocycles. The number of esters is 1. The summed E-state index contributed by atoms with van der Waals surface area (Å²) in [6, 6.07) is 0. The fourth-order valence-corrected chi connectivity index (χ4v) is 0.511. The van der Waals surface area contributed by atoms with Gasteiger partial charge in [0.05, 0.1) is 6.61 Å². The second kappa shape index (κ2) is 10.0. The Morgan fingerprint density at radius 1 is 1.36 bits per heavy atom. The predicted octanol–water partition coefficient (Wildman–Crippen LogP) is 2.08. The molecule has 0 rings (SSSR count). The Hall–Kier alpha value is -1.06. The molecule has 1 N–H and O–H groups in total. The number of carboxylic acids is 1. The molecule has 0 aromatic rings. The van der Waals surface area contributed by atoms with E-state index in [1.165, 1.54) is 0 Å². The third-order valence-corrected chi connectivity index (χ3v) is 1.25. The number of rotatable bonds is 4. The molecule has 14 heavy (non-hydrogen) atoms. The van der Waals surface area contributed by atoms with Crippen molar-refractivity contribution in [2.75, 3.05) is 6.61 Å². The van der Waals surface area contributed by atoms with Gasteiger partial charge in [-0.1, -0.05) is 20.8 Å². The van der Waals surface area contributed by atoms with E-state index in [4.69, 9.17) is 14.6 Å². The summed E-state index contributed by atoms with van der Waals surface area (Å²) in [7, 11) is 0. The molecule has 0 amide bonds. The molecule has 0 aliphatic carbocycles. The van der Waals surface area contributed by atoms with Crippen molar-refractivity contribution in [2.45, 2.75) is 40.5 Å². The third kappa shape index (κ3) is 22.4. The van der Waals surface area contributed by atoms with Gasteiger partial charge >= 0.3 is 5.97 Å². The van der Waals surface area contributed by atoms with Gasteiger partial charge in [-0.05, 0) is 12.3 Å². The first-order valence-corrected chi connectivity index (χ1v) is 4.75. The summed E-state index contributed by atoms with van der Waals surface area (Å²) in [5.41, 5.74) is 0. The van der Waals surface area contributed by atoms with Crippen molar-refractivity contribution < 1.29 is 19.4 Å². The van der Waals surface area contributed by atoms with E-state index < -0.39 is 5.97 Å². The Bertz CT molecular complexity index is 160. The summed E-state index contributed by atoms with van der Waals surface area (Å²) in [5, 5.41) is 7.42. The van der Waals surface area contributed by atoms with E-state index in [0.717, 1.165) is 13.3 Å². The van der Waals surface area contributed by atoms with Gasteiger partial charge in [-0.25, -0.2) is 0 Å². The van der Waals surface area contributed by atoms with E-state index >= 15 is 0 Å². The van der Waals surface area contributed by atoms with Crippen molar-refractivity contribution in [3.05, 3.63) is 0 Å². The smallest absolute Gasteiger partial charge is 0.305 e. The normalized spacial score (nSPS) is 8.93. The van der Waals surface area contributed by atoms with E-state index in [1.807, 2.05) is 0 Å². The minimum atomic E-state index is -0.833. The zero-order valence-corrected chi connectivity index (χ0v) is 9.37. The zero-order valence-electron chi connectivity index (χ0n) is 9.37. The predicted molar refractivity (Wildman–Crippen MR) is 54.0 cm³/mol. The van der Waals surface area contributed by atoms with Crippen LogP contribution in [0.5, 0.6) is 0 Å². The summed E-state index contributed by atoms with van der Waals surface area (Å²) in [4.78, 5) is 19.6. The van der Waals surface area contributed by atoms with Crippen LogP contribution >= 0.6 is 0 Å². The molecule has 0 aliphatic heterocycles. The molecule has 4 heteroatoms. The molecule has 0 atom stereocenters. The van der Waals surface area contributed by atoms with Gasteiger partial charge in [0.15, 0.2) is 0 Å². The fraction of sp³-hybridized carbons (Fsp3) is 0.800. The fourth-order valence-electron chi connectivity index (χ4n) is 0.511. The highest BCUT2D eigenvalue weighted by molar-refractivity contribution is 5.68. The van der Waals surface area contributed by atoms with Gasteiger partial charge in [0.2, 0.25) is 0 Å². The van der Waals surface area contributed by atoms with Crippen LogP contribution in [0.2, 0.25) is 0 Å². The minimum Gasteiger partial charge on any atom is -0.481 e. The van der Waals surface area contributed by atoms with Crippen LogP contribution < -0.4 is 0 Å². The van der Waals surface area contributed by atoms with Gasteiger partial charge < -0.3 is 9.84 Å². The molecule has 0 spiro atoms. The summed E-state index contributed by atoms with van der Waals surface area (Å²) in [6.07, 6.45) is 1.45. The quantitative estimate of drug-likeness (QED) is 0.712. The minimum absolute atomic E-state index is 0.0966.